The molecule has 0 aliphatic carbocycles. The van der Waals surface area contributed by atoms with Crippen LogP contribution in [0, 0.1) is 0 Å². The van der Waals surface area contributed by atoms with Gasteiger partial charge in [0.05, 0.1) is 17.6 Å². The number of ether oxygens (including phenoxy) is 1. The van der Waals surface area contributed by atoms with E-state index in [1.54, 1.807) is 0 Å². The Balaban J connectivity index is 1.97. The number of carbonyl (C=O) groups is 1. The first kappa shape index (κ1) is 15.1. The lowest BCUT2D eigenvalue weighted by Crippen LogP contribution is -2.29. The van der Waals surface area contributed by atoms with Gasteiger partial charge in [0.25, 0.3) is 0 Å². The highest BCUT2D eigenvalue weighted by Crippen LogP contribution is 2.35. The highest BCUT2D eigenvalue weighted by atomic mass is 32.2. The number of thioether (sulfide) groups is 2. The largest absolute Gasteiger partial charge is 0.461 e. The summed E-state index contributed by atoms with van der Waals surface area (Å²) >= 11 is 3.82. The summed E-state index contributed by atoms with van der Waals surface area (Å²) in [4.78, 5) is 21.5. The van der Waals surface area contributed by atoms with Crippen LogP contribution >= 0.6 is 23.5 Å². The summed E-state index contributed by atoms with van der Waals surface area (Å²) in [5.74, 6) is 3.79. The van der Waals surface area contributed by atoms with Crippen LogP contribution in [0.5, 0.6) is 0 Å². The fourth-order valence-electron chi connectivity index (χ4n) is 2.51. The van der Waals surface area contributed by atoms with Crippen molar-refractivity contribution in [2.45, 2.75) is 25.1 Å². The third kappa shape index (κ3) is 3.35. The minimum absolute atomic E-state index is 0.289. The molecule has 114 valence electrons. The van der Waals surface area contributed by atoms with E-state index in [1.807, 2.05) is 30.4 Å². The Morgan fingerprint density at radius 2 is 2.33 bits per heavy atom. The second-order valence-electron chi connectivity index (χ2n) is 4.94. The predicted molar refractivity (Wildman–Crippen MR) is 85.9 cm³/mol. The summed E-state index contributed by atoms with van der Waals surface area (Å²) in [6.07, 6.45) is 0.849. The van der Waals surface area contributed by atoms with Crippen molar-refractivity contribution in [2.75, 3.05) is 30.4 Å². The van der Waals surface area contributed by atoms with Gasteiger partial charge in [0.1, 0.15) is 5.82 Å². The Morgan fingerprint density at radius 1 is 1.43 bits per heavy atom. The topological polar surface area (TPSA) is 64.1 Å². The molecule has 1 N–H and O–H groups in total. The summed E-state index contributed by atoms with van der Waals surface area (Å²) in [7, 11) is 0. The molecule has 2 aliphatic rings. The van der Waals surface area contributed by atoms with Gasteiger partial charge in [0, 0.05) is 42.3 Å². The average molecular weight is 325 g/mol. The Morgan fingerprint density at radius 3 is 3.10 bits per heavy atom. The number of esters is 1. The molecule has 1 aromatic heterocycles. The summed E-state index contributed by atoms with van der Waals surface area (Å²) in [5.41, 5.74) is 2.38. The van der Waals surface area contributed by atoms with Crippen LogP contribution < -0.4 is 5.32 Å². The van der Waals surface area contributed by atoms with E-state index in [4.69, 9.17) is 9.72 Å². The molecule has 1 fully saturated rings. The molecule has 0 aromatic carbocycles. The van der Waals surface area contributed by atoms with Crippen molar-refractivity contribution < 1.29 is 9.53 Å². The molecular weight excluding hydrogens is 306 g/mol. The minimum atomic E-state index is -0.324. The van der Waals surface area contributed by atoms with Gasteiger partial charge in [-0.1, -0.05) is 0 Å². The molecule has 1 aromatic rings. The number of nitrogens with one attached hydrogen (secondary N) is 1. The monoisotopic (exact) mass is 325 g/mol. The maximum absolute atomic E-state index is 12.2. The minimum Gasteiger partial charge on any atom is -0.461 e. The number of hydrogen-bond acceptors (Lipinski definition) is 7. The molecular formula is C14H19N3O2S2. The van der Waals surface area contributed by atoms with Crippen LogP contribution in [0.2, 0.25) is 0 Å². The van der Waals surface area contributed by atoms with Gasteiger partial charge in [0.2, 0.25) is 0 Å². The van der Waals surface area contributed by atoms with Gasteiger partial charge in [-0.3, -0.25) is 0 Å². The molecule has 1 unspecified atom stereocenters. The van der Waals surface area contributed by atoms with Crippen molar-refractivity contribution in [1.29, 1.82) is 0 Å². The van der Waals surface area contributed by atoms with Gasteiger partial charge < -0.3 is 10.1 Å². The molecule has 0 amide bonds. The maximum Gasteiger partial charge on any atom is 0.357 e. The SMILES string of the molecule is CCOC(=O)c1nc(C2CSCCS2)nc2c1CNCC2. The van der Waals surface area contributed by atoms with E-state index in [1.165, 1.54) is 5.75 Å². The first-order chi connectivity index (χ1) is 10.3. The normalized spacial score (nSPS) is 21.7. The summed E-state index contributed by atoms with van der Waals surface area (Å²) in [6, 6.07) is 0. The number of rotatable bonds is 3. The zero-order chi connectivity index (χ0) is 14.7. The van der Waals surface area contributed by atoms with E-state index < -0.39 is 0 Å². The third-order valence-corrected chi connectivity index (χ3v) is 6.27. The van der Waals surface area contributed by atoms with E-state index in [2.05, 4.69) is 10.3 Å². The van der Waals surface area contributed by atoms with Crippen LogP contribution in [0.25, 0.3) is 0 Å². The lowest BCUT2D eigenvalue weighted by molar-refractivity contribution is 0.0516. The van der Waals surface area contributed by atoms with Gasteiger partial charge in [-0.25, -0.2) is 14.8 Å². The number of aromatic nitrogens is 2. The molecule has 3 heterocycles. The quantitative estimate of drug-likeness (QED) is 0.850. The van der Waals surface area contributed by atoms with E-state index in [0.29, 0.717) is 18.8 Å². The molecule has 21 heavy (non-hydrogen) atoms. The fraction of sp³-hybridized carbons (Fsp3) is 0.643. The standard InChI is InChI=1S/C14H19N3O2S2/c1-2-19-14(18)12-9-7-15-4-3-10(9)16-13(17-12)11-8-20-5-6-21-11/h11,15H,2-8H2,1H3. The highest BCUT2D eigenvalue weighted by Gasteiger charge is 2.27. The zero-order valence-corrected chi connectivity index (χ0v) is 13.7. The fourth-order valence-corrected chi connectivity index (χ4v) is 5.11. The molecule has 2 aliphatic heterocycles. The predicted octanol–water partition coefficient (Wildman–Crippen LogP) is 1.82. The van der Waals surface area contributed by atoms with Crippen LogP contribution in [0.3, 0.4) is 0 Å². The van der Waals surface area contributed by atoms with Crippen LogP contribution in [0.1, 0.15) is 39.7 Å². The van der Waals surface area contributed by atoms with Gasteiger partial charge in [-0.2, -0.15) is 11.8 Å². The average Bonchev–Trinajstić information content (AvgIpc) is 2.55. The lowest BCUT2D eigenvalue weighted by atomic mass is 10.0. The first-order valence-corrected chi connectivity index (χ1v) is 9.46. The molecule has 7 heteroatoms. The van der Waals surface area contributed by atoms with Crippen LogP contribution in [0.15, 0.2) is 0 Å². The van der Waals surface area contributed by atoms with Gasteiger partial charge in [-0.15, -0.1) is 11.8 Å². The van der Waals surface area contributed by atoms with Crippen molar-refractivity contribution in [1.82, 2.24) is 15.3 Å². The number of nitrogens with zero attached hydrogens (tertiary/aromatic N) is 2. The molecule has 0 bridgehead atoms. The molecule has 0 radical (unpaired) electrons. The summed E-state index contributed by atoms with van der Waals surface area (Å²) in [6.45, 7) is 3.74. The number of carbonyl (C=O) groups excluding carboxylic acids is 1. The Kier molecular flexibility index (Phi) is 5.03. The Bertz CT molecular complexity index is 533. The van der Waals surface area contributed by atoms with Crippen LogP contribution in [-0.2, 0) is 17.7 Å². The van der Waals surface area contributed by atoms with Crippen molar-refractivity contribution in [3.8, 4) is 0 Å². The van der Waals surface area contributed by atoms with Crippen LogP contribution in [0.4, 0.5) is 0 Å². The Hall–Kier alpha value is -0.790. The van der Waals surface area contributed by atoms with Crippen molar-refractivity contribution in [3.63, 3.8) is 0 Å². The van der Waals surface area contributed by atoms with Crippen molar-refractivity contribution in [3.05, 3.63) is 22.8 Å². The van der Waals surface area contributed by atoms with E-state index in [-0.39, 0.29) is 11.2 Å². The van der Waals surface area contributed by atoms with Crippen LogP contribution in [-0.4, -0.2) is 46.3 Å². The van der Waals surface area contributed by atoms with E-state index in [0.717, 1.165) is 41.6 Å². The van der Waals surface area contributed by atoms with Gasteiger partial charge >= 0.3 is 5.97 Å². The molecule has 1 atom stereocenters. The second-order valence-corrected chi connectivity index (χ2v) is 7.40. The van der Waals surface area contributed by atoms with E-state index in [9.17, 15) is 4.79 Å². The number of hydrogen-bond donors (Lipinski definition) is 1. The summed E-state index contributed by atoms with van der Waals surface area (Å²) < 4.78 is 5.17. The van der Waals surface area contributed by atoms with Gasteiger partial charge in [0.15, 0.2) is 5.69 Å². The molecule has 0 spiro atoms. The molecule has 3 rings (SSSR count). The van der Waals surface area contributed by atoms with E-state index >= 15 is 0 Å². The molecule has 1 saturated heterocycles. The second kappa shape index (κ2) is 6.98. The van der Waals surface area contributed by atoms with Gasteiger partial charge in [-0.05, 0) is 6.92 Å². The summed E-state index contributed by atoms with van der Waals surface area (Å²) in [5, 5.41) is 3.57. The smallest absolute Gasteiger partial charge is 0.357 e. The first-order valence-electron chi connectivity index (χ1n) is 7.26. The molecule has 0 saturated carbocycles. The third-order valence-electron chi connectivity index (χ3n) is 3.52. The maximum atomic E-state index is 12.2. The lowest BCUT2D eigenvalue weighted by Gasteiger charge is -2.24. The van der Waals surface area contributed by atoms with Crippen molar-refractivity contribution in [2.24, 2.45) is 0 Å². The highest BCUT2D eigenvalue weighted by molar-refractivity contribution is 8.06. The number of fused-ring (bicyclic) bond motifs is 1. The van der Waals surface area contributed by atoms with Crippen molar-refractivity contribution >= 4 is 29.5 Å². The molecule has 5 nitrogen and oxygen atoms in total. The zero-order valence-electron chi connectivity index (χ0n) is 12.1. The Labute approximate surface area is 133 Å².